The first-order valence-corrected chi connectivity index (χ1v) is 2.67. The Morgan fingerprint density at radius 1 is 1.60 bits per heavy atom. The van der Waals surface area contributed by atoms with E-state index in [0.29, 0.717) is 0 Å². The zero-order valence-corrected chi connectivity index (χ0v) is 4.64. The predicted octanol–water partition coefficient (Wildman–Crippen LogP) is -0.775. The predicted molar refractivity (Wildman–Crippen MR) is 7.84 cm³/mol. The SMILES string of the molecule is [Co].[NaH].[O]=[Mn][Ni]. The third kappa shape index (κ3) is 21.9. The summed E-state index contributed by atoms with van der Waals surface area (Å²) in [6, 6.07) is 0. The third-order valence-electron chi connectivity index (χ3n) is 0. The van der Waals surface area contributed by atoms with Crippen molar-refractivity contribution < 1.29 is 47.5 Å². The van der Waals surface area contributed by atoms with Gasteiger partial charge in [0.1, 0.15) is 0 Å². The van der Waals surface area contributed by atoms with Gasteiger partial charge in [0.25, 0.3) is 0 Å². The van der Waals surface area contributed by atoms with Crippen molar-refractivity contribution in [2.75, 3.05) is 0 Å². The van der Waals surface area contributed by atoms with Gasteiger partial charge in [0.05, 0.1) is 0 Å². The Kier molecular flexibility index (Phi) is 50.8. The number of hydrogen-bond donors (Lipinski definition) is 0. The summed E-state index contributed by atoms with van der Waals surface area (Å²) in [7, 11) is 0. The zero-order valence-electron chi connectivity index (χ0n) is 1.44. The average Bonchev–Trinajstić information content (AvgIpc) is 0.918. The Balaban J connectivity index is -0.0000000200. The summed E-state index contributed by atoms with van der Waals surface area (Å²) in [5.74, 6) is 0. The molecule has 0 heterocycles. The van der Waals surface area contributed by atoms with E-state index in [4.69, 9.17) is 3.83 Å². The second kappa shape index (κ2) is 16.2. The fourth-order valence-electron chi connectivity index (χ4n) is 0. The van der Waals surface area contributed by atoms with Gasteiger partial charge in [-0.3, -0.25) is 0 Å². The first kappa shape index (κ1) is 15.7. The minimum atomic E-state index is -0.562. The van der Waals surface area contributed by atoms with Crippen molar-refractivity contribution in [1.29, 1.82) is 0 Å². The molecule has 34 valence electrons. The van der Waals surface area contributed by atoms with E-state index in [1.165, 1.54) is 0 Å². The van der Waals surface area contributed by atoms with Gasteiger partial charge in [-0.25, -0.2) is 0 Å². The van der Waals surface area contributed by atoms with Crippen molar-refractivity contribution in [3.05, 3.63) is 0 Å². The van der Waals surface area contributed by atoms with E-state index in [0.717, 1.165) is 0 Å². The molecule has 0 fully saturated rings. The van der Waals surface area contributed by atoms with Crippen LogP contribution in [-0.4, -0.2) is 29.6 Å². The van der Waals surface area contributed by atoms with Crippen molar-refractivity contribution in [1.82, 2.24) is 0 Å². The number of hydrogen-bond acceptors (Lipinski definition) is 1. The van der Waals surface area contributed by atoms with Crippen LogP contribution in [0.25, 0.3) is 0 Å². The van der Waals surface area contributed by atoms with Gasteiger partial charge in [-0.05, 0) is 0 Å². The fraction of sp³-hybridized carbons (Fsp3) is 0. The van der Waals surface area contributed by atoms with E-state index in [2.05, 4.69) is 13.7 Å². The van der Waals surface area contributed by atoms with Gasteiger partial charge in [0, 0.05) is 16.8 Å². The molecule has 0 aromatic rings. The first-order valence-electron chi connectivity index (χ1n) is 0.274. The van der Waals surface area contributed by atoms with Gasteiger partial charge < -0.3 is 0 Å². The Hall–Kier alpha value is 2.32. The fourth-order valence-corrected chi connectivity index (χ4v) is 0. The Bertz CT molecular complexity index is 19.1. The summed E-state index contributed by atoms with van der Waals surface area (Å²) >= 11 is 3.08. The minimum absolute atomic E-state index is 0. The molecule has 0 rings (SSSR count). The van der Waals surface area contributed by atoms with E-state index < -0.39 is 13.2 Å². The van der Waals surface area contributed by atoms with Gasteiger partial charge >= 0.3 is 60.2 Å². The van der Waals surface area contributed by atoms with Gasteiger partial charge in [-0.2, -0.15) is 0 Å². The molecule has 0 aromatic carbocycles. The third-order valence-corrected chi connectivity index (χ3v) is 0. The second-order valence-electron chi connectivity index (χ2n) is 0.0488. The quantitative estimate of drug-likeness (QED) is 0.482. The summed E-state index contributed by atoms with van der Waals surface area (Å²) in [6.07, 6.45) is 0. The summed E-state index contributed by atoms with van der Waals surface area (Å²) in [5.41, 5.74) is 0. The Morgan fingerprint density at radius 3 is 1.60 bits per heavy atom. The molecule has 0 aliphatic carbocycles. The van der Waals surface area contributed by atoms with E-state index in [1.807, 2.05) is 0 Å². The van der Waals surface area contributed by atoms with Crippen molar-refractivity contribution in [3.63, 3.8) is 0 Å². The van der Waals surface area contributed by atoms with Gasteiger partial charge in [0.15, 0.2) is 0 Å². The average molecular weight is 213 g/mol. The van der Waals surface area contributed by atoms with Crippen molar-refractivity contribution >= 4 is 29.6 Å². The number of rotatable bonds is 0. The van der Waals surface area contributed by atoms with E-state index in [9.17, 15) is 0 Å². The molecule has 0 saturated carbocycles. The molecule has 0 atom stereocenters. The molecule has 5 heteroatoms. The molecule has 1 radical (unpaired) electrons. The van der Waals surface area contributed by atoms with Crippen LogP contribution in [0.3, 0.4) is 0 Å². The monoisotopic (exact) mass is 212 g/mol. The van der Waals surface area contributed by atoms with Crippen LogP contribution in [0.2, 0.25) is 0 Å². The topological polar surface area (TPSA) is 17.1 Å². The van der Waals surface area contributed by atoms with Crippen LogP contribution in [0.4, 0.5) is 0 Å². The summed E-state index contributed by atoms with van der Waals surface area (Å²) in [4.78, 5) is 0. The summed E-state index contributed by atoms with van der Waals surface area (Å²) < 4.78 is 8.80. The van der Waals surface area contributed by atoms with Crippen molar-refractivity contribution in [2.24, 2.45) is 0 Å². The zero-order chi connectivity index (χ0) is 2.71. The van der Waals surface area contributed by atoms with Gasteiger partial charge in [0.2, 0.25) is 0 Å². The Labute approximate surface area is 75.9 Å². The van der Waals surface area contributed by atoms with Crippen molar-refractivity contribution in [2.45, 2.75) is 0 Å². The molecular weight excluding hydrogens is 212 g/mol. The standard InChI is InChI=1S/Co.Mn.Na.Ni.O.H. The van der Waals surface area contributed by atoms with Crippen LogP contribution in [0.5, 0.6) is 0 Å². The van der Waals surface area contributed by atoms with Gasteiger partial charge in [-0.1, -0.05) is 0 Å². The summed E-state index contributed by atoms with van der Waals surface area (Å²) in [6.45, 7) is 0. The molecule has 0 unspecified atom stereocenters. The molecule has 0 amide bonds. The molecule has 0 N–H and O–H groups in total. The molecule has 0 saturated heterocycles. The van der Waals surface area contributed by atoms with Crippen LogP contribution in [0, 0.1) is 0 Å². The van der Waals surface area contributed by atoms with Crippen LogP contribution < -0.4 is 0 Å². The Morgan fingerprint density at radius 2 is 1.60 bits per heavy atom. The summed E-state index contributed by atoms with van der Waals surface area (Å²) in [5, 5.41) is 0. The maximum atomic E-state index is 8.80. The normalized spacial score (nSPS) is 3.60. The van der Waals surface area contributed by atoms with E-state index in [-0.39, 0.29) is 46.3 Å². The van der Waals surface area contributed by atoms with Crippen LogP contribution in [-0.2, 0) is 47.5 Å². The van der Waals surface area contributed by atoms with E-state index in [1.54, 1.807) is 0 Å². The molecule has 0 spiro atoms. The molecule has 0 bridgehead atoms. The van der Waals surface area contributed by atoms with Gasteiger partial charge in [-0.15, -0.1) is 0 Å². The molecule has 0 aromatic heterocycles. The molecule has 0 aliphatic heterocycles. The molecule has 5 heavy (non-hydrogen) atoms. The van der Waals surface area contributed by atoms with E-state index >= 15 is 0 Å². The van der Waals surface area contributed by atoms with Crippen LogP contribution >= 0.6 is 0 Å². The second-order valence-corrected chi connectivity index (χ2v) is 0.830. The van der Waals surface area contributed by atoms with Crippen LogP contribution in [0.1, 0.15) is 0 Å². The molecule has 1 nitrogen and oxygen atoms in total. The maximum absolute atomic E-state index is 8.80. The molecule has 0 aliphatic rings. The molecular formula is HCoMnNaNiO. The van der Waals surface area contributed by atoms with Crippen LogP contribution in [0.15, 0.2) is 0 Å². The first-order chi connectivity index (χ1) is 1.41. The van der Waals surface area contributed by atoms with Crippen molar-refractivity contribution in [3.8, 4) is 0 Å².